The van der Waals surface area contributed by atoms with Gasteiger partial charge in [0.05, 0.1) is 12.0 Å². The molecule has 4 rings (SSSR count). The largest absolute Gasteiger partial charge is 0.481 e. The van der Waals surface area contributed by atoms with Crippen molar-refractivity contribution in [2.75, 3.05) is 32.9 Å². The molecule has 3 atom stereocenters. The number of likely N-dealkylation sites (tertiary alicyclic amines) is 1. The minimum absolute atomic E-state index is 0.00327. The molecule has 7 nitrogen and oxygen atoms in total. The summed E-state index contributed by atoms with van der Waals surface area (Å²) in [6, 6.07) is 0. The van der Waals surface area contributed by atoms with E-state index in [2.05, 4.69) is 4.98 Å². The van der Waals surface area contributed by atoms with Crippen molar-refractivity contribution in [1.82, 2.24) is 9.88 Å². The number of rotatable bonds is 3. The first-order valence-corrected chi connectivity index (χ1v) is 9.15. The fraction of sp³-hybridized carbons (Fsp3) is 0.688. The average Bonchev–Trinajstić information content (AvgIpc) is 3.30. The minimum Gasteiger partial charge on any atom is -0.481 e. The Hall–Kier alpha value is -1.51. The van der Waals surface area contributed by atoms with Gasteiger partial charge in [0.25, 0.3) is 5.91 Å². The molecule has 3 aliphatic rings. The molecule has 1 aromatic heterocycles. The summed E-state index contributed by atoms with van der Waals surface area (Å²) in [5.74, 6) is -1.17. The fourth-order valence-corrected chi connectivity index (χ4v) is 4.80. The second-order valence-corrected chi connectivity index (χ2v) is 7.63. The van der Waals surface area contributed by atoms with E-state index in [-0.39, 0.29) is 24.5 Å². The third-order valence-corrected chi connectivity index (χ3v) is 6.30. The van der Waals surface area contributed by atoms with E-state index in [9.17, 15) is 14.7 Å². The van der Waals surface area contributed by atoms with Gasteiger partial charge in [-0.2, -0.15) is 0 Å². The van der Waals surface area contributed by atoms with Gasteiger partial charge in [-0.3, -0.25) is 9.59 Å². The Morgan fingerprint density at radius 3 is 3.00 bits per heavy atom. The lowest BCUT2D eigenvalue weighted by atomic mass is 9.74. The second kappa shape index (κ2) is 6.09. The van der Waals surface area contributed by atoms with Crippen LogP contribution in [0.5, 0.6) is 0 Å². The third-order valence-electron chi connectivity index (χ3n) is 5.37. The minimum atomic E-state index is -0.874. The SMILES string of the molecule is O=C(c1csc(C2CCCO2)n1)N1C[C@H]2COCC[C@@]2(C(=O)O)C1. The van der Waals surface area contributed by atoms with E-state index in [1.165, 1.54) is 11.3 Å². The van der Waals surface area contributed by atoms with E-state index in [1.807, 2.05) is 0 Å². The van der Waals surface area contributed by atoms with Crippen LogP contribution in [0.3, 0.4) is 0 Å². The van der Waals surface area contributed by atoms with E-state index in [4.69, 9.17) is 9.47 Å². The van der Waals surface area contributed by atoms with E-state index in [0.29, 0.717) is 31.9 Å². The van der Waals surface area contributed by atoms with Crippen molar-refractivity contribution in [1.29, 1.82) is 0 Å². The third kappa shape index (κ3) is 2.53. The number of amides is 1. The van der Waals surface area contributed by atoms with Crippen LogP contribution in [0.1, 0.15) is 40.9 Å². The highest BCUT2D eigenvalue weighted by Crippen LogP contribution is 2.43. The first-order valence-electron chi connectivity index (χ1n) is 8.27. The van der Waals surface area contributed by atoms with Crippen molar-refractivity contribution in [2.45, 2.75) is 25.4 Å². The summed E-state index contributed by atoms with van der Waals surface area (Å²) in [6.45, 7) is 2.22. The number of aliphatic carboxylic acids is 1. The number of aromatic nitrogens is 1. The molecule has 0 aromatic carbocycles. The maximum absolute atomic E-state index is 12.8. The summed E-state index contributed by atoms with van der Waals surface area (Å²) in [5.41, 5.74) is -0.480. The highest BCUT2D eigenvalue weighted by molar-refractivity contribution is 7.09. The van der Waals surface area contributed by atoms with Gasteiger partial charge >= 0.3 is 5.97 Å². The van der Waals surface area contributed by atoms with E-state index >= 15 is 0 Å². The van der Waals surface area contributed by atoms with Gasteiger partial charge in [-0.1, -0.05) is 0 Å². The number of carboxylic acid groups (broad SMARTS) is 1. The lowest BCUT2D eigenvalue weighted by molar-refractivity contribution is -0.157. The molecule has 1 aromatic rings. The van der Waals surface area contributed by atoms with Crippen molar-refractivity contribution < 1.29 is 24.2 Å². The van der Waals surface area contributed by atoms with Crippen molar-refractivity contribution >= 4 is 23.2 Å². The number of nitrogens with zero attached hydrogens (tertiary/aromatic N) is 2. The molecule has 4 heterocycles. The lowest BCUT2D eigenvalue weighted by Crippen LogP contribution is -2.45. The number of carbonyl (C=O) groups excluding carboxylic acids is 1. The number of ether oxygens (including phenoxy) is 2. The summed E-state index contributed by atoms with van der Waals surface area (Å²) < 4.78 is 11.0. The van der Waals surface area contributed by atoms with Gasteiger partial charge in [-0.25, -0.2) is 4.98 Å². The highest BCUT2D eigenvalue weighted by atomic mass is 32.1. The molecule has 24 heavy (non-hydrogen) atoms. The van der Waals surface area contributed by atoms with Crippen LogP contribution in [0.2, 0.25) is 0 Å². The molecule has 0 spiro atoms. The quantitative estimate of drug-likeness (QED) is 0.888. The van der Waals surface area contributed by atoms with Gasteiger partial charge in [-0.05, 0) is 19.3 Å². The second-order valence-electron chi connectivity index (χ2n) is 6.74. The topological polar surface area (TPSA) is 89.0 Å². The summed E-state index contributed by atoms with van der Waals surface area (Å²) in [6.07, 6.45) is 2.40. The molecule has 1 N–H and O–H groups in total. The van der Waals surface area contributed by atoms with Crippen LogP contribution < -0.4 is 0 Å². The van der Waals surface area contributed by atoms with Gasteiger partial charge in [0, 0.05) is 37.6 Å². The van der Waals surface area contributed by atoms with Crippen LogP contribution in [-0.2, 0) is 14.3 Å². The van der Waals surface area contributed by atoms with Crippen LogP contribution in [0.25, 0.3) is 0 Å². The standard InChI is InChI=1S/C16H20N2O5S/c19-14(11-8-24-13(17-11)12-2-1-4-23-12)18-6-10-7-22-5-3-16(10,9-18)15(20)21/h8,10,12H,1-7,9H2,(H,20,21)/t10-,12?,16+/m0/s1. The molecule has 3 fully saturated rings. The number of carbonyl (C=O) groups is 2. The first kappa shape index (κ1) is 16.0. The Labute approximate surface area is 143 Å². The molecule has 1 unspecified atom stereocenters. The van der Waals surface area contributed by atoms with E-state index in [0.717, 1.165) is 24.5 Å². The molecule has 8 heteroatoms. The Morgan fingerprint density at radius 2 is 2.29 bits per heavy atom. The van der Waals surface area contributed by atoms with Gasteiger partial charge in [0.15, 0.2) is 0 Å². The smallest absolute Gasteiger partial charge is 0.311 e. The summed E-state index contributed by atoms with van der Waals surface area (Å²) >= 11 is 1.44. The van der Waals surface area contributed by atoms with Crippen molar-refractivity contribution in [3.8, 4) is 0 Å². The zero-order valence-corrected chi connectivity index (χ0v) is 14.1. The number of hydrogen-bond donors (Lipinski definition) is 1. The van der Waals surface area contributed by atoms with Crippen LogP contribution in [0.15, 0.2) is 5.38 Å². The summed E-state index contributed by atoms with van der Waals surface area (Å²) in [7, 11) is 0. The van der Waals surface area contributed by atoms with Gasteiger partial charge < -0.3 is 19.5 Å². The fourth-order valence-electron chi connectivity index (χ4n) is 3.92. The molecule has 0 bridgehead atoms. The zero-order chi connectivity index (χ0) is 16.7. The van der Waals surface area contributed by atoms with Crippen molar-refractivity contribution in [2.24, 2.45) is 11.3 Å². The van der Waals surface area contributed by atoms with E-state index < -0.39 is 11.4 Å². The van der Waals surface area contributed by atoms with Crippen LogP contribution >= 0.6 is 11.3 Å². The molecule has 1 amide bonds. The molecule has 0 radical (unpaired) electrons. The van der Waals surface area contributed by atoms with Crippen LogP contribution in [0, 0.1) is 11.3 Å². The molecular formula is C16H20N2O5S. The van der Waals surface area contributed by atoms with Crippen LogP contribution in [0.4, 0.5) is 0 Å². The van der Waals surface area contributed by atoms with Crippen LogP contribution in [-0.4, -0.2) is 59.8 Å². The van der Waals surface area contributed by atoms with Crippen molar-refractivity contribution in [3.63, 3.8) is 0 Å². The number of thiazole rings is 1. The normalized spacial score (nSPS) is 32.8. The van der Waals surface area contributed by atoms with E-state index in [1.54, 1.807) is 10.3 Å². The Bertz CT molecular complexity index is 657. The monoisotopic (exact) mass is 352 g/mol. The Balaban J connectivity index is 1.52. The number of carboxylic acids is 1. The molecule has 3 saturated heterocycles. The molecule has 0 aliphatic carbocycles. The summed E-state index contributed by atoms with van der Waals surface area (Å²) in [4.78, 5) is 30.7. The predicted octanol–water partition coefficient (Wildman–Crippen LogP) is 1.56. The first-order chi connectivity index (χ1) is 11.6. The summed E-state index contributed by atoms with van der Waals surface area (Å²) in [5, 5.41) is 12.3. The maximum atomic E-state index is 12.8. The Kier molecular flexibility index (Phi) is 4.06. The highest BCUT2D eigenvalue weighted by Gasteiger charge is 2.55. The zero-order valence-electron chi connectivity index (χ0n) is 13.3. The van der Waals surface area contributed by atoms with Gasteiger partial charge in [-0.15, -0.1) is 11.3 Å². The number of hydrogen-bond acceptors (Lipinski definition) is 6. The molecular weight excluding hydrogens is 332 g/mol. The Morgan fingerprint density at radius 1 is 1.42 bits per heavy atom. The number of fused-ring (bicyclic) bond motifs is 1. The van der Waals surface area contributed by atoms with Gasteiger partial charge in [0.2, 0.25) is 0 Å². The molecule has 130 valence electrons. The van der Waals surface area contributed by atoms with Gasteiger partial charge in [0.1, 0.15) is 16.8 Å². The predicted molar refractivity (Wildman–Crippen MR) is 84.9 cm³/mol. The van der Waals surface area contributed by atoms with Crippen molar-refractivity contribution in [3.05, 3.63) is 16.1 Å². The molecule has 0 saturated carbocycles. The molecule has 3 aliphatic heterocycles. The lowest BCUT2D eigenvalue weighted by Gasteiger charge is -2.33. The maximum Gasteiger partial charge on any atom is 0.311 e. The average molecular weight is 352 g/mol.